The van der Waals surface area contributed by atoms with Crippen molar-refractivity contribution in [3.8, 4) is 0 Å². The lowest BCUT2D eigenvalue weighted by atomic mass is 10.1. The summed E-state index contributed by atoms with van der Waals surface area (Å²) in [6, 6.07) is -0.351. The molecule has 0 fully saturated rings. The average Bonchev–Trinajstić information content (AvgIpc) is 2.27. The molecule has 0 aliphatic heterocycles. The van der Waals surface area contributed by atoms with Crippen molar-refractivity contribution in [3.63, 3.8) is 0 Å². The number of amides is 1. The Kier molecular flexibility index (Phi) is 5.60. The molecule has 0 saturated heterocycles. The zero-order valence-electron chi connectivity index (χ0n) is 12.2. The first-order chi connectivity index (χ1) is 8.81. The third-order valence-electron chi connectivity index (χ3n) is 2.16. The van der Waals surface area contributed by atoms with Crippen molar-refractivity contribution in [2.75, 3.05) is 11.1 Å². The Morgan fingerprint density at radius 1 is 1.42 bits per heavy atom. The number of aromatic nitrogens is 2. The minimum Gasteiger partial charge on any atom is -0.357 e. The molecule has 1 unspecified atom stereocenters. The molecule has 2 N–H and O–H groups in total. The summed E-state index contributed by atoms with van der Waals surface area (Å²) >= 11 is 1.62. The molecule has 5 nitrogen and oxygen atoms in total. The first-order valence-corrected chi connectivity index (χ1v) is 7.34. The second-order valence-electron chi connectivity index (χ2n) is 5.28. The lowest BCUT2D eigenvalue weighted by Gasteiger charge is -2.23. The maximum atomic E-state index is 11.9. The number of rotatable bonds is 5. The summed E-state index contributed by atoms with van der Waals surface area (Å²) in [4.78, 5) is 20.5. The van der Waals surface area contributed by atoms with Crippen molar-refractivity contribution < 1.29 is 4.79 Å². The van der Waals surface area contributed by atoms with Gasteiger partial charge in [-0.25, -0.2) is 4.98 Å². The van der Waals surface area contributed by atoms with Gasteiger partial charge in [0.2, 0.25) is 5.91 Å². The van der Waals surface area contributed by atoms with E-state index in [9.17, 15) is 4.79 Å². The third kappa shape index (κ3) is 5.92. The zero-order valence-corrected chi connectivity index (χ0v) is 13.0. The van der Waals surface area contributed by atoms with Gasteiger partial charge in [-0.1, -0.05) is 6.92 Å². The number of hydrogen-bond acceptors (Lipinski definition) is 5. The van der Waals surface area contributed by atoms with Crippen molar-refractivity contribution in [3.05, 3.63) is 12.4 Å². The van der Waals surface area contributed by atoms with Gasteiger partial charge in [-0.15, -0.1) is 11.8 Å². The van der Waals surface area contributed by atoms with Gasteiger partial charge in [0.05, 0.1) is 12.4 Å². The molecule has 0 spiro atoms. The molecule has 1 aromatic heterocycles. The summed E-state index contributed by atoms with van der Waals surface area (Å²) in [6.45, 7) is 9.73. The molecule has 0 radical (unpaired) electrons. The van der Waals surface area contributed by atoms with Gasteiger partial charge in [0.15, 0.2) is 0 Å². The van der Waals surface area contributed by atoms with E-state index in [0.717, 1.165) is 10.8 Å². The fraction of sp³-hybridized carbons (Fsp3) is 0.615. The molecule has 0 aliphatic carbocycles. The predicted octanol–water partition coefficient (Wildman–Crippen LogP) is 2.30. The van der Waals surface area contributed by atoms with E-state index in [1.165, 1.54) is 0 Å². The number of anilines is 1. The largest absolute Gasteiger partial charge is 0.357 e. The van der Waals surface area contributed by atoms with Crippen LogP contribution in [-0.4, -0.2) is 33.2 Å². The van der Waals surface area contributed by atoms with Gasteiger partial charge in [0.1, 0.15) is 16.9 Å². The first-order valence-electron chi connectivity index (χ1n) is 6.35. The Morgan fingerprint density at radius 2 is 2.11 bits per heavy atom. The van der Waals surface area contributed by atoms with Crippen molar-refractivity contribution in [1.29, 1.82) is 0 Å². The normalized spacial score (nSPS) is 12.9. The molecule has 1 atom stereocenters. The summed E-state index contributed by atoms with van der Waals surface area (Å²) in [5.41, 5.74) is -0.237. The quantitative estimate of drug-likeness (QED) is 0.811. The fourth-order valence-corrected chi connectivity index (χ4v) is 1.99. The monoisotopic (exact) mass is 282 g/mol. The summed E-state index contributed by atoms with van der Waals surface area (Å²) in [6.07, 6.45) is 3.35. The molecule has 19 heavy (non-hydrogen) atoms. The highest BCUT2D eigenvalue weighted by atomic mass is 32.2. The Bertz CT molecular complexity index is 431. The molecule has 0 saturated carbocycles. The number of nitrogens with zero attached hydrogens (tertiary/aromatic N) is 2. The molecule has 0 aromatic carbocycles. The standard InChI is InChI=1S/C13H22N4OS/c1-6-19-11-8-14-7-10(16-11)15-9(2)12(18)17-13(3,4)5/h7-9H,6H2,1-5H3,(H,15,16)(H,17,18). The lowest BCUT2D eigenvalue weighted by Crippen LogP contribution is -2.47. The van der Waals surface area contributed by atoms with Crippen molar-refractivity contribution in [1.82, 2.24) is 15.3 Å². The number of hydrogen-bond donors (Lipinski definition) is 2. The molecule has 1 aromatic rings. The maximum Gasteiger partial charge on any atom is 0.242 e. The zero-order chi connectivity index (χ0) is 14.5. The van der Waals surface area contributed by atoms with E-state index in [2.05, 4.69) is 27.5 Å². The minimum atomic E-state index is -0.351. The fourth-order valence-electron chi connectivity index (χ4n) is 1.40. The summed E-state index contributed by atoms with van der Waals surface area (Å²) in [5.74, 6) is 1.51. The number of thioether (sulfide) groups is 1. The van der Waals surface area contributed by atoms with E-state index in [1.807, 2.05) is 27.7 Å². The molecule has 1 rings (SSSR count). The smallest absolute Gasteiger partial charge is 0.242 e. The van der Waals surface area contributed by atoms with Crippen LogP contribution >= 0.6 is 11.8 Å². The topological polar surface area (TPSA) is 66.9 Å². The van der Waals surface area contributed by atoms with Crippen molar-refractivity contribution in [2.45, 2.75) is 51.2 Å². The average molecular weight is 282 g/mol. The number of carbonyl (C=O) groups excluding carboxylic acids is 1. The van der Waals surface area contributed by atoms with Crippen LogP contribution in [0.25, 0.3) is 0 Å². The summed E-state index contributed by atoms with van der Waals surface area (Å²) in [5, 5.41) is 6.85. The van der Waals surface area contributed by atoms with Gasteiger partial charge in [0, 0.05) is 5.54 Å². The van der Waals surface area contributed by atoms with Crippen LogP contribution in [0, 0.1) is 0 Å². The lowest BCUT2D eigenvalue weighted by molar-refractivity contribution is -0.122. The van der Waals surface area contributed by atoms with Crippen LogP contribution in [0.4, 0.5) is 5.82 Å². The molecule has 106 valence electrons. The van der Waals surface area contributed by atoms with E-state index in [1.54, 1.807) is 24.2 Å². The summed E-state index contributed by atoms with van der Waals surface area (Å²) in [7, 11) is 0. The minimum absolute atomic E-state index is 0.0529. The van der Waals surface area contributed by atoms with E-state index in [-0.39, 0.29) is 17.5 Å². The second kappa shape index (κ2) is 6.75. The van der Waals surface area contributed by atoms with Crippen molar-refractivity contribution >= 4 is 23.5 Å². The Morgan fingerprint density at radius 3 is 2.68 bits per heavy atom. The van der Waals surface area contributed by atoms with Crippen LogP contribution < -0.4 is 10.6 Å². The molecule has 0 bridgehead atoms. The third-order valence-corrected chi connectivity index (χ3v) is 2.94. The highest BCUT2D eigenvalue weighted by molar-refractivity contribution is 7.99. The van der Waals surface area contributed by atoms with Crippen LogP contribution in [0.1, 0.15) is 34.6 Å². The Labute approximate surface area is 119 Å². The van der Waals surface area contributed by atoms with Gasteiger partial charge in [-0.2, -0.15) is 0 Å². The highest BCUT2D eigenvalue weighted by Crippen LogP contribution is 2.15. The first kappa shape index (κ1) is 15.8. The maximum absolute atomic E-state index is 11.9. The van der Waals surface area contributed by atoms with Gasteiger partial charge >= 0.3 is 0 Å². The van der Waals surface area contributed by atoms with Crippen LogP contribution in [0.5, 0.6) is 0 Å². The molecule has 1 amide bonds. The van der Waals surface area contributed by atoms with Gasteiger partial charge in [-0.3, -0.25) is 9.78 Å². The van der Waals surface area contributed by atoms with E-state index in [0.29, 0.717) is 5.82 Å². The number of nitrogens with one attached hydrogen (secondary N) is 2. The molecular formula is C13H22N4OS. The van der Waals surface area contributed by atoms with Gasteiger partial charge in [-0.05, 0) is 33.4 Å². The van der Waals surface area contributed by atoms with E-state index in [4.69, 9.17) is 0 Å². The van der Waals surface area contributed by atoms with Crippen molar-refractivity contribution in [2.24, 2.45) is 0 Å². The van der Waals surface area contributed by atoms with Gasteiger partial charge in [0.25, 0.3) is 0 Å². The van der Waals surface area contributed by atoms with Crippen LogP contribution in [-0.2, 0) is 4.79 Å². The SMILES string of the molecule is CCSc1cncc(NC(C)C(=O)NC(C)(C)C)n1. The molecule has 0 aliphatic rings. The molecule has 6 heteroatoms. The van der Waals surface area contributed by atoms with Gasteiger partial charge < -0.3 is 10.6 Å². The predicted molar refractivity (Wildman–Crippen MR) is 79.4 cm³/mol. The second-order valence-corrected chi connectivity index (χ2v) is 6.57. The molecular weight excluding hydrogens is 260 g/mol. The van der Waals surface area contributed by atoms with E-state index < -0.39 is 0 Å². The number of carbonyl (C=O) groups is 1. The van der Waals surface area contributed by atoms with Crippen LogP contribution in [0.15, 0.2) is 17.4 Å². The van der Waals surface area contributed by atoms with E-state index >= 15 is 0 Å². The highest BCUT2D eigenvalue weighted by Gasteiger charge is 2.19. The van der Waals surface area contributed by atoms with Crippen LogP contribution in [0.3, 0.4) is 0 Å². The molecule has 1 heterocycles. The summed E-state index contributed by atoms with van der Waals surface area (Å²) < 4.78 is 0. The Hall–Kier alpha value is -1.30. The van der Waals surface area contributed by atoms with Crippen LogP contribution in [0.2, 0.25) is 0 Å². The Balaban J connectivity index is 2.63.